The van der Waals surface area contributed by atoms with E-state index in [1.807, 2.05) is 72.2 Å². The van der Waals surface area contributed by atoms with E-state index in [9.17, 15) is 45.4 Å². The van der Waals surface area contributed by atoms with Crippen molar-refractivity contribution in [1.29, 1.82) is 0 Å². The Labute approximate surface area is 408 Å². The van der Waals surface area contributed by atoms with Crippen LogP contribution in [0.15, 0.2) is 120 Å². The van der Waals surface area contributed by atoms with E-state index in [1.165, 1.54) is 18.2 Å². The Morgan fingerprint density at radius 3 is 2.30 bits per heavy atom. The average Bonchev–Trinajstić information content (AvgIpc) is 3.73. The van der Waals surface area contributed by atoms with Crippen LogP contribution in [-0.4, -0.2) is 108 Å². The van der Waals surface area contributed by atoms with E-state index in [0.29, 0.717) is 46.7 Å². The van der Waals surface area contributed by atoms with Gasteiger partial charge >= 0.3 is 5.97 Å². The smallest absolute Gasteiger partial charge is 0.333 e. The van der Waals surface area contributed by atoms with Gasteiger partial charge in [-0.3, -0.25) is 18.7 Å². The van der Waals surface area contributed by atoms with Crippen LogP contribution in [0, 0.1) is 0 Å². The summed E-state index contributed by atoms with van der Waals surface area (Å²) < 4.78 is 82.0. The summed E-state index contributed by atoms with van der Waals surface area (Å²) in [6, 6.07) is 18.2. The number of benzene rings is 3. The van der Waals surface area contributed by atoms with Crippen molar-refractivity contribution in [3.05, 3.63) is 138 Å². The van der Waals surface area contributed by atoms with E-state index in [4.69, 9.17) is 14.3 Å². The van der Waals surface area contributed by atoms with E-state index < -0.39 is 49.2 Å². The molecule has 1 unspecified atom stereocenters. The first-order valence-electron chi connectivity index (χ1n) is 23.0. The number of hydrogen-bond donors (Lipinski definition) is 3. The van der Waals surface area contributed by atoms with Gasteiger partial charge in [0.1, 0.15) is 18.1 Å². The van der Waals surface area contributed by atoms with Crippen LogP contribution >= 0.6 is 0 Å². The number of aliphatic hydroxyl groups excluding tert-OH is 1. The summed E-state index contributed by atoms with van der Waals surface area (Å²) in [6.07, 6.45) is 17.3. The van der Waals surface area contributed by atoms with Crippen LogP contribution in [-0.2, 0) is 49.6 Å². The van der Waals surface area contributed by atoms with E-state index in [-0.39, 0.29) is 68.7 Å². The van der Waals surface area contributed by atoms with Crippen molar-refractivity contribution in [1.82, 2.24) is 5.06 Å². The molecule has 70 heavy (non-hydrogen) atoms. The van der Waals surface area contributed by atoms with Crippen LogP contribution in [0.3, 0.4) is 0 Å². The number of fused-ring (bicyclic) bond motifs is 3. The van der Waals surface area contributed by atoms with Crippen LogP contribution in [0.5, 0.6) is 5.75 Å². The summed E-state index contributed by atoms with van der Waals surface area (Å²) in [4.78, 5) is 44.0. The van der Waals surface area contributed by atoms with E-state index in [0.717, 1.165) is 33.5 Å². The Kier molecular flexibility index (Phi) is 15.7. The molecule has 3 aromatic rings. The topological polar surface area (TPSA) is 217 Å². The number of amides is 2. The number of rotatable bonds is 20. The average molecular weight is 997 g/mol. The van der Waals surface area contributed by atoms with Gasteiger partial charge < -0.3 is 24.3 Å². The number of carbonyl (C=O) groups is 3. The summed E-state index contributed by atoms with van der Waals surface area (Å²) >= 11 is 0. The third-order valence-corrected chi connectivity index (χ3v) is 14.3. The first-order chi connectivity index (χ1) is 33.2. The summed E-state index contributed by atoms with van der Waals surface area (Å²) in [5.41, 5.74) is 6.24. The third kappa shape index (κ3) is 11.8. The van der Waals surface area contributed by atoms with Gasteiger partial charge in [-0.2, -0.15) is 21.4 Å². The van der Waals surface area contributed by atoms with Gasteiger partial charge in [-0.25, -0.2) is 4.79 Å². The van der Waals surface area contributed by atoms with Gasteiger partial charge in [-0.15, -0.1) is 5.06 Å². The Morgan fingerprint density at radius 2 is 1.60 bits per heavy atom. The van der Waals surface area contributed by atoms with Crippen molar-refractivity contribution in [2.45, 2.75) is 82.1 Å². The summed E-state index contributed by atoms with van der Waals surface area (Å²) in [5, 5.41) is 9.75. The van der Waals surface area contributed by atoms with Crippen molar-refractivity contribution < 1.29 is 64.3 Å². The molecule has 0 aliphatic carbocycles. The number of nitrogens with zero attached hydrogens (tertiary/aromatic N) is 3. The molecule has 1 saturated heterocycles. The SMILES string of the molecule is CC1=CC(C)(C)N(CCOCCO)c2cc3c(cc21)/C(=C/C=C/C=C/C=C/C1=[N+](CCCS(=O)(=O)O)c2ccc(S(=O)(=O)O)cc2C1(C)CCCC(=O)ON1C(=O)CCC1=O)C=C(c1ccccc1)O3. The molecule has 3 aromatic carbocycles. The minimum absolute atomic E-state index is 0.00704. The molecule has 3 N–H and O–H groups in total. The fourth-order valence-electron chi connectivity index (χ4n) is 9.39. The minimum Gasteiger partial charge on any atom is -0.456 e. The van der Waals surface area contributed by atoms with Gasteiger partial charge in [-0.05, 0) is 76.0 Å². The maximum absolute atomic E-state index is 12.8. The van der Waals surface area contributed by atoms with E-state index in [1.54, 1.807) is 18.2 Å². The highest BCUT2D eigenvalue weighted by molar-refractivity contribution is 7.86. The molecule has 18 heteroatoms. The number of ether oxygens (including phenoxy) is 2. The van der Waals surface area contributed by atoms with Gasteiger partial charge in [0.15, 0.2) is 5.71 Å². The lowest BCUT2D eigenvalue weighted by Gasteiger charge is -2.43. The predicted octanol–water partition coefficient (Wildman–Crippen LogP) is 7.54. The maximum Gasteiger partial charge on any atom is 0.333 e. The van der Waals surface area contributed by atoms with E-state index >= 15 is 0 Å². The molecule has 1 atom stereocenters. The zero-order valence-electron chi connectivity index (χ0n) is 39.5. The predicted molar refractivity (Wildman–Crippen MR) is 265 cm³/mol. The van der Waals surface area contributed by atoms with Gasteiger partial charge in [0.25, 0.3) is 32.1 Å². The van der Waals surface area contributed by atoms with Crippen molar-refractivity contribution in [2.24, 2.45) is 0 Å². The molecule has 370 valence electrons. The van der Waals surface area contributed by atoms with Crippen molar-refractivity contribution >= 4 is 72.0 Å². The number of allylic oxidation sites excluding steroid dienone is 10. The van der Waals surface area contributed by atoms with Crippen molar-refractivity contribution in [2.75, 3.05) is 43.6 Å². The van der Waals surface area contributed by atoms with Crippen LogP contribution in [0.2, 0.25) is 0 Å². The fraction of sp³-hybridized carbons (Fsp3) is 0.346. The van der Waals surface area contributed by atoms with E-state index in [2.05, 4.69) is 43.9 Å². The molecular weight excluding hydrogens is 939 g/mol. The normalized spacial score (nSPS) is 19.6. The molecule has 7 rings (SSSR count). The lowest BCUT2D eigenvalue weighted by atomic mass is 9.75. The monoisotopic (exact) mass is 996 g/mol. The number of carbonyl (C=O) groups excluding carboxylic acids is 3. The van der Waals surface area contributed by atoms with Crippen molar-refractivity contribution in [3.63, 3.8) is 0 Å². The first-order valence-corrected chi connectivity index (χ1v) is 26.0. The number of aliphatic hydroxyl groups is 1. The number of hydroxylamine groups is 2. The Bertz CT molecular complexity index is 2990. The number of hydrogen-bond acceptors (Lipinski definition) is 12. The number of anilines is 1. The molecule has 4 aliphatic heterocycles. The van der Waals surface area contributed by atoms with Crippen molar-refractivity contribution in [3.8, 4) is 5.75 Å². The highest BCUT2D eigenvalue weighted by Gasteiger charge is 2.48. The van der Waals surface area contributed by atoms with Crippen LogP contribution < -0.4 is 9.64 Å². The quantitative estimate of drug-likeness (QED) is 0.0328. The standard InChI is InChI=1S/C52H57N3O13S2/c1-36-35-51(2,3)54(26-28-66-29-27-56)44-34-46-41(33-40(36)44)38(31-45(67-46)37-15-10-8-11-16-37)17-9-6-5-7-12-18-47-52(4,24-13-19-50(59)68-55-48(57)22-23-49(55)58)42-32-39(70(63,64)65)20-21-43(42)53(47)25-14-30-69(60,61)62/h5-12,15-18,20-21,31-35,56H,13-14,19,22-30H2,1-4H3,(H-,60,61,62,63,64,65)/p+1. The second-order valence-electron chi connectivity index (χ2n) is 18.1. The number of imide groups is 1. The lowest BCUT2D eigenvalue weighted by molar-refractivity contribution is -0.437. The highest BCUT2D eigenvalue weighted by Crippen LogP contribution is 2.47. The minimum atomic E-state index is -4.64. The summed E-state index contributed by atoms with van der Waals surface area (Å²) in [7, 11) is -8.96. The van der Waals surface area contributed by atoms with Crippen LogP contribution in [0.4, 0.5) is 11.4 Å². The second kappa shape index (κ2) is 21.4. The second-order valence-corrected chi connectivity index (χ2v) is 21.1. The lowest BCUT2D eigenvalue weighted by Crippen LogP contribution is -2.46. The zero-order chi connectivity index (χ0) is 50.4. The summed E-state index contributed by atoms with van der Waals surface area (Å²) in [6.45, 7) is 9.60. The molecule has 0 aromatic heterocycles. The molecule has 0 bridgehead atoms. The largest absolute Gasteiger partial charge is 0.456 e. The van der Waals surface area contributed by atoms with Crippen LogP contribution in [0.25, 0.3) is 16.9 Å². The first kappa shape index (κ1) is 51.6. The third-order valence-electron chi connectivity index (χ3n) is 12.7. The molecule has 0 spiro atoms. The molecule has 2 amide bonds. The fourth-order valence-corrected chi connectivity index (χ4v) is 10.4. The molecule has 0 radical (unpaired) electrons. The molecule has 4 heterocycles. The molecule has 0 saturated carbocycles. The summed E-state index contributed by atoms with van der Waals surface area (Å²) in [5.74, 6) is -1.19. The zero-order valence-corrected chi connectivity index (χ0v) is 41.2. The van der Waals surface area contributed by atoms with Gasteiger partial charge in [0.05, 0.1) is 41.4 Å². The Balaban J connectivity index is 1.19. The molecule has 4 aliphatic rings. The highest BCUT2D eigenvalue weighted by atomic mass is 32.2. The maximum atomic E-state index is 12.8. The molecule has 1 fully saturated rings. The van der Waals surface area contributed by atoms with Gasteiger partial charge in [0, 0.05) is 78.4 Å². The molecular formula is C52H58N3O13S2+. The Morgan fingerprint density at radius 1 is 0.886 bits per heavy atom. The van der Waals surface area contributed by atoms with Gasteiger partial charge in [0.2, 0.25) is 5.69 Å². The van der Waals surface area contributed by atoms with Crippen LogP contribution in [0.1, 0.15) is 88.5 Å². The van der Waals surface area contributed by atoms with Gasteiger partial charge in [-0.1, -0.05) is 72.9 Å². The Hall–Kier alpha value is -6.28. The molecule has 16 nitrogen and oxygen atoms in total.